The second kappa shape index (κ2) is 9.88. The second-order valence-electron chi connectivity index (χ2n) is 6.44. The Morgan fingerprint density at radius 1 is 0.966 bits per heavy atom. The maximum atomic E-state index is 12.3. The summed E-state index contributed by atoms with van der Waals surface area (Å²) in [4.78, 5) is 24.5. The van der Waals surface area contributed by atoms with Crippen LogP contribution in [0, 0.1) is 6.92 Å². The molecule has 0 aliphatic heterocycles. The monoisotopic (exact) mass is 409 g/mol. The Hall–Kier alpha value is -3.13. The molecule has 0 bridgehead atoms. The van der Waals surface area contributed by atoms with Crippen molar-refractivity contribution in [1.29, 1.82) is 0 Å². The Bertz CT molecular complexity index is 988. The zero-order chi connectivity index (χ0) is 20.6. The number of nitrogens with zero attached hydrogens (tertiary/aromatic N) is 3. The number of thioether (sulfide) groups is 1. The zero-order valence-corrected chi connectivity index (χ0v) is 17.2. The number of benzene rings is 2. The molecule has 3 rings (SSSR count). The van der Waals surface area contributed by atoms with Gasteiger partial charge in [-0.25, -0.2) is 0 Å². The normalized spacial score (nSPS) is 10.6. The SMILES string of the molecule is CCn1c(CC(=O)Nc2ccccc2)nnc1SCC(=O)Nc1cccc(C)c1. The van der Waals surface area contributed by atoms with Gasteiger partial charge >= 0.3 is 0 Å². The number of nitrogens with one attached hydrogen (secondary N) is 2. The van der Waals surface area contributed by atoms with Crippen LogP contribution in [-0.4, -0.2) is 32.3 Å². The van der Waals surface area contributed by atoms with E-state index in [2.05, 4.69) is 20.8 Å². The molecule has 0 atom stereocenters. The lowest BCUT2D eigenvalue weighted by Gasteiger charge is -2.08. The van der Waals surface area contributed by atoms with Crippen LogP contribution in [0.4, 0.5) is 11.4 Å². The predicted octanol–water partition coefficient (Wildman–Crippen LogP) is 3.52. The van der Waals surface area contributed by atoms with Gasteiger partial charge in [0.05, 0.1) is 12.2 Å². The highest BCUT2D eigenvalue weighted by atomic mass is 32.2. The average molecular weight is 410 g/mol. The van der Waals surface area contributed by atoms with Crippen LogP contribution in [0.2, 0.25) is 0 Å². The summed E-state index contributed by atoms with van der Waals surface area (Å²) in [5.74, 6) is 0.506. The van der Waals surface area contributed by atoms with E-state index in [1.807, 2.05) is 73.0 Å². The number of aryl methyl sites for hydroxylation is 1. The second-order valence-corrected chi connectivity index (χ2v) is 7.38. The molecule has 0 aliphatic carbocycles. The molecule has 0 unspecified atom stereocenters. The fourth-order valence-corrected chi connectivity index (χ4v) is 3.62. The molecule has 7 nitrogen and oxygen atoms in total. The van der Waals surface area contributed by atoms with E-state index in [4.69, 9.17) is 0 Å². The molecule has 3 aromatic rings. The first-order chi connectivity index (χ1) is 14.0. The molecule has 29 heavy (non-hydrogen) atoms. The van der Waals surface area contributed by atoms with Crippen molar-refractivity contribution >= 4 is 35.0 Å². The van der Waals surface area contributed by atoms with Gasteiger partial charge in [0.25, 0.3) is 0 Å². The van der Waals surface area contributed by atoms with Crippen molar-refractivity contribution in [2.24, 2.45) is 0 Å². The van der Waals surface area contributed by atoms with E-state index in [0.717, 1.165) is 16.9 Å². The molecule has 0 saturated heterocycles. The van der Waals surface area contributed by atoms with Crippen molar-refractivity contribution in [3.8, 4) is 0 Å². The van der Waals surface area contributed by atoms with Crippen LogP contribution in [0.25, 0.3) is 0 Å². The Balaban J connectivity index is 1.57. The summed E-state index contributed by atoms with van der Waals surface area (Å²) in [7, 11) is 0. The predicted molar refractivity (Wildman–Crippen MR) is 115 cm³/mol. The molecule has 1 aromatic heterocycles. The van der Waals surface area contributed by atoms with Gasteiger partial charge in [0.2, 0.25) is 11.8 Å². The maximum absolute atomic E-state index is 12.3. The summed E-state index contributed by atoms with van der Waals surface area (Å²) < 4.78 is 1.86. The van der Waals surface area contributed by atoms with E-state index in [1.165, 1.54) is 11.8 Å². The van der Waals surface area contributed by atoms with Crippen LogP contribution in [0.5, 0.6) is 0 Å². The highest BCUT2D eigenvalue weighted by molar-refractivity contribution is 7.99. The van der Waals surface area contributed by atoms with Gasteiger partial charge in [0, 0.05) is 17.9 Å². The molecule has 2 aromatic carbocycles. The summed E-state index contributed by atoms with van der Waals surface area (Å²) in [5, 5.41) is 14.6. The van der Waals surface area contributed by atoms with E-state index < -0.39 is 0 Å². The molecule has 0 saturated carbocycles. The molecule has 1 heterocycles. The molecular formula is C21H23N5O2S. The van der Waals surface area contributed by atoms with Crippen LogP contribution < -0.4 is 10.6 Å². The third-order valence-corrected chi connectivity index (χ3v) is 5.09. The minimum atomic E-state index is -0.160. The lowest BCUT2D eigenvalue weighted by molar-refractivity contribution is -0.116. The topological polar surface area (TPSA) is 88.9 Å². The van der Waals surface area contributed by atoms with E-state index in [1.54, 1.807) is 0 Å². The number of hydrogen-bond acceptors (Lipinski definition) is 5. The number of amides is 2. The van der Waals surface area contributed by atoms with Gasteiger partial charge in [-0.1, -0.05) is 42.1 Å². The molecule has 8 heteroatoms. The molecule has 0 spiro atoms. The van der Waals surface area contributed by atoms with E-state index >= 15 is 0 Å². The van der Waals surface area contributed by atoms with Crippen molar-refractivity contribution in [3.63, 3.8) is 0 Å². The summed E-state index contributed by atoms with van der Waals surface area (Å²) in [6.45, 7) is 4.55. The summed E-state index contributed by atoms with van der Waals surface area (Å²) in [5.41, 5.74) is 2.59. The number of hydrogen-bond donors (Lipinski definition) is 2. The Morgan fingerprint density at radius 3 is 2.41 bits per heavy atom. The van der Waals surface area contributed by atoms with E-state index in [9.17, 15) is 9.59 Å². The highest BCUT2D eigenvalue weighted by Gasteiger charge is 2.16. The number of rotatable bonds is 8. The molecule has 2 amide bonds. The average Bonchev–Trinajstić information content (AvgIpc) is 3.08. The third kappa shape index (κ3) is 5.92. The van der Waals surface area contributed by atoms with Crippen molar-refractivity contribution in [2.75, 3.05) is 16.4 Å². The van der Waals surface area contributed by atoms with Gasteiger partial charge in [-0.3, -0.25) is 9.59 Å². The van der Waals surface area contributed by atoms with Gasteiger partial charge in [-0.2, -0.15) is 0 Å². The van der Waals surface area contributed by atoms with Gasteiger partial charge in [-0.05, 0) is 43.7 Å². The number of carbonyl (C=O) groups excluding carboxylic acids is 2. The molecule has 150 valence electrons. The van der Waals surface area contributed by atoms with Crippen molar-refractivity contribution < 1.29 is 9.59 Å². The Kier molecular flexibility index (Phi) is 7.02. The lowest BCUT2D eigenvalue weighted by atomic mass is 10.2. The number of aromatic nitrogens is 3. The Morgan fingerprint density at radius 2 is 1.69 bits per heavy atom. The fourth-order valence-electron chi connectivity index (χ4n) is 2.79. The first-order valence-electron chi connectivity index (χ1n) is 9.31. The molecule has 0 radical (unpaired) electrons. The lowest BCUT2D eigenvalue weighted by Crippen LogP contribution is -2.18. The standard InChI is InChI=1S/C21H23N5O2S/c1-3-26-18(13-19(27)22-16-9-5-4-6-10-16)24-25-21(26)29-14-20(28)23-17-11-7-8-15(2)12-17/h4-12H,3,13-14H2,1-2H3,(H,22,27)(H,23,28). The minimum Gasteiger partial charge on any atom is -0.326 e. The Labute approximate surface area is 173 Å². The van der Waals surface area contributed by atoms with Crippen molar-refractivity contribution in [1.82, 2.24) is 14.8 Å². The largest absolute Gasteiger partial charge is 0.326 e. The molecule has 0 aliphatic rings. The quantitative estimate of drug-likeness (QED) is 0.556. The van der Waals surface area contributed by atoms with Crippen molar-refractivity contribution in [2.45, 2.75) is 32.0 Å². The first-order valence-corrected chi connectivity index (χ1v) is 10.3. The number of para-hydroxylation sites is 1. The smallest absolute Gasteiger partial charge is 0.234 e. The first kappa shape index (κ1) is 20.6. The van der Waals surface area contributed by atoms with Crippen LogP contribution in [0.3, 0.4) is 0 Å². The zero-order valence-electron chi connectivity index (χ0n) is 16.4. The fraction of sp³-hybridized carbons (Fsp3) is 0.238. The number of anilines is 2. The van der Waals surface area contributed by atoms with Gasteiger partial charge < -0.3 is 15.2 Å². The van der Waals surface area contributed by atoms with E-state index in [0.29, 0.717) is 17.5 Å². The highest BCUT2D eigenvalue weighted by Crippen LogP contribution is 2.18. The van der Waals surface area contributed by atoms with Crippen LogP contribution in [0.15, 0.2) is 59.8 Å². The molecule has 2 N–H and O–H groups in total. The maximum Gasteiger partial charge on any atom is 0.234 e. The molecule has 0 fully saturated rings. The summed E-state index contributed by atoms with van der Waals surface area (Å²) >= 11 is 1.30. The van der Waals surface area contributed by atoms with Crippen LogP contribution in [-0.2, 0) is 22.6 Å². The van der Waals surface area contributed by atoms with Crippen LogP contribution in [0.1, 0.15) is 18.3 Å². The minimum absolute atomic E-state index is 0.116. The molecular weight excluding hydrogens is 386 g/mol. The third-order valence-electron chi connectivity index (χ3n) is 4.12. The van der Waals surface area contributed by atoms with Gasteiger partial charge in [0.1, 0.15) is 5.82 Å². The number of carbonyl (C=O) groups is 2. The summed E-state index contributed by atoms with van der Waals surface area (Å²) in [6, 6.07) is 16.9. The summed E-state index contributed by atoms with van der Waals surface area (Å²) in [6.07, 6.45) is 0.117. The van der Waals surface area contributed by atoms with E-state index in [-0.39, 0.29) is 24.0 Å². The van der Waals surface area contributed by atoms with Crippen LogP contribution >= 0.6 is 11.8 Å². The van der Waals surface area contributed by atoms with Gasteiger partial charge in [0.15, 0.2) is 5.16 Å². The van der Waals surface area contributed by atoms with Gasteiger partial charge in [-0.15, -0.1) is 10.2 Å². The van der Waals surface area contributed by atoms with Crippen molar-refractivity contribution in [3.05, 3.63) is 66.0 Å².